The van der Waals surface area contributed by atoms with Gasteiger partial charge in [0.1, 0.15) is 5.82 Å². The number of hydrogen-bond donors (Lipinski definition) is 2. The highest BCUT2D eigenvalue weighted by Crippen LogP contribution is 2.20. The highest BCUT2D eigenvalue weighted by Gasteiger charge is 2.13. The van der Waals surface area contributed by atoms with E-state index in [-0.39, 0.29) is 5.82 Å². The number of nitrogens with one attached hydrogen (secondary N) is 2. The van der Waals surface area contributed by atoms with Gasteiger partial charge in [-0.15, -0.1) is 0 Å². The van der Waals surface area contributed by atoms with E-state index in [4.69, 9.17) is 0 Å². The van der Waals surface area contributed by atoms with Crippen LogP contribution in [0.3, 0.4) is 0 Å². The van der Waals surface area contributed by atoms with Crippen molar-refractivity contribution >= 4 is 5.95 Å². The fraction of sp³-hybridized carbons (Fsp3) is 0.412. The second-order valence-corrected chi connectivity index (χ2v) is 5.80. The summed E-state index contributed by atoms with van der Waals surface area (Å²) in [5, 5.41) is 6.72. The smallest absolute Gasteiger partial charge is 0.223 e. The molecule has 0 saturated carbocycles. The third-order valence-corrected chi connectivity index (χ3v) is 4.00. The van der Waals surface area contributed by atoms with Crippen LogP contribution in [0.15, 0.2) is 30.3 Å². The van der Waals surface area contributed by atoms with E-state index in [1.165, 1.54) is 25.0 Å². The van der Waals surface area contributed by atoms with Crippen molar-refractivity contribution in [3.05, 3.63) is 41.8 Å². The molecule has 0 amide bonds. The summed E-state index contributed by atoms with van der Waals surface area (Å²) in [5.74, 6) is 1.08. The molecule has 0 spiro atoms. The maximum atomic E-state index is 13.0. The molecule has 1 fully saturated rings. The molecule has 116 valence electrons. The van der Waals surface area contributed by atoms with Gasteiger partial charge in [-0.25, -0.2) is 14.4 Å². The fourth-order valence-electron chi connectivity index (χ4n) is 2.74. The predicted octanol–water partition coefficient (Wildman–Crippen LogP) is 3.00. The first-order valence-electron chi connectivity index (χ1n) is 7.77. The van der Waals surface area contributed by atoms with Crippen LogP contribution < -0.4 is 10.6 Å². The topological polar surface area (TPSA) is 49.8 Å². The Morgan fingerprint density at radius 1 is 1.18 bits per heavy atom. The van der Waals surface area contributed by atoms with Crippen molar-refractivity contribution < 1.29 is 4.39 Å². The molecule has 0 radical (unpaired) electrons. The van der Waals surface area contributed by atoms with Crippen molar-refractivity contribution in [1.82, 2.24) is 15.3 Å². The number of anilines is 1. The summed E-state index contributed by atoms with van der Waals surface area (Å²) in [6, 6.07) is 8.31. The number of halogens is 1. The standard InChI is InChI=1S/C17H21FN4/c1-12-10-16(14-2-4-15(18)5-3-14)22-17(21-12)20-11-13-6-8-19-9-7-13/h2-5,10,13,19H,6-9,11H2,1H3,(H,20,21,22). The molecule has 0 unspecified atom stereocenters. The number of aryl methyl sites for hydroxylation is 1. The Balaban J connectivity index is 1.73. The molecule has 1 aliphatic heterocycles. The molecule has 1 aliphatic rings. The van der Waals surface area contributed by atoms with Gasteiger partial charge in [-0.3, -0.25) is 0 Å². The molecule has 1 saturated heterocycles. The van der Waals surface area contributed by atoms with Crippen molar-refractivity contribution in [1.29, 1.82) is 0 Å². The Kier molecular flexibility index (Phi) is 4.63. The van der Waals surface area contributed by atoms with Crippen molar-refractivity contribution in [2.24, 2.45) is 5.92 Å². The van der Waals surface area contributed by atoms with Gasteiger partial charge in [0, 0.05) is 17.8 Å². The third-order valence-electron chi connectivity index (χ3n) is 4.00. The lowest BCUT2D eigenvalue weighted by Crippen LogP contribution is -2.31. The van der Waals surface area contributed by atoms with Crippen molar-refractivity contribution in [3.63, 3.8) is 0 Å². The largest absolute Gasteiger partial charge is 0.354 e. The minimum absolute atomic E-state index is 0.237. The van der Waals surface area contributed by atoms with Crippen LogP contribution in [0.1, 0.15) is 18.5 Å². The summed E-state index contributed by atoms with van der Waals surface area (Å²) >= 11 is 0. The Labute approximate surface area is 130 Å². The van der Waals surface area contributed by atoms with Gasteiger partial charge in [-0.2, -0.15) is 0 Å². The van der Waals surface area contributed by atoms with Crippen LogP contribution in [-0.4, -0.2) is 29.6 Å². The third kappa shape index (κ3) is 3.80. The first-order valence-corrected chi connectivity index (χ1v) is 7.77. The number of nitrogens with zero attached hydrogens (tertiary/aromatic N) is 2. The Morgan fingerprint density at radius 2 is 1.91 bits per heavy atom. The van der Waals surface area contributed by atoms with E-state index in [9.17, 15) is 4.39 Å². The van der Waals surface area contributed by atoms with Gasteiger partial charge in [0.15, 0.2) is 0 Å². The van der Waals surface area contributed by atoms with Gasteiger partial charge in [-0.1, -0.05) is 0 Å². The second kappa shape index (κ2) is 6.83. The zero-order valence-electron chi connectivity index (χ0n) is 12.8. The summed E-state index contributed by atoms with van der Waals surface area (Å²) in [6.07, 6.45) is 2.37. The minimum Gasteiger partial charge on any atom is -0.354 e. The molecule has 1 aromatic heterocycles. The molecular formula is C17H21FN4. The summed E-state index contributed by atoms with van der Waals surface area (Å²) in [5.41, 5.74) is 2.62. The number of hydrogen-bond acceptors (Lipinski definition) is 4. The molecule has 0 bridgehead atoms. The van der Waals surface area contributed by atoms with E-state index in [1.807, 2.05) is 13.0 Å². The quantitative estimate of drug-likeness (QED) is 0.911. The molecule has 22 heavy (non-hydrogen) atoms. The van der Waals surface area contributed by atoms with E-state index in [0.717, 1.165) is 36.6 Å². The lowest BCUT2D eigenvalue weighted by molar-refractivity contribution is 0.389. The van der Waals surface area contributed by atoms with Gasteiger partial charge in [0.2, 0.25) is 5.95 Å². The van der Waals surface area contributed by atoms with E-state index < -0.39 is 0 Å². The molecular weight excluding hydrogens is 279 g/mol. The van der Waals surface area contributed by atoms with Crippen molar-refractivity contribution in [2.75, 3.05) is 25.0 Å². The summed E-state index contributed by atoms with van der Waals surface area (Å²) in [7, 11) is 0. The molecule has 2 aromatic rings. The van der Waals surface area contributed by atoms with Crippen molar-refractivity contribution in [3.8, 4) is 11.3 Å². The Morgan fingerprint density at radius 3 is 2.64 bits per heavy atom. The van der Waals surface area contributed by atoms with Gasteiger partial charge in [0.05, 0.1) is 5.69 Å². The second-order valence-electron chi connectivity index (χ2n) is 5.80. The molecule has 0 atom stereocenters. The van der Waals surface area contributed by atoms with Gasteiger partial charge in [-0.05, 0) is 69.1 Å². The van der Waals surface area contributed by atoms with Crippen LogP contribution in [0.4, 0.5) is 10.3 Å². The molecule has 2 N–H and O–H groups in total. The zero-order valence-corrected chi connectivity index (χ0v) is 12.8. The zero-order chi connectivity index (χ0) is 15.4. The van der Waals surface area contributed by atoms with Gasteiger partial charge < -0.3 is 10.6 Å². The molecule has 0 aliphatic carbocycles. The lowest BCUT2D eigenvalue weighted by Gasteiger charge is -2.22. The molecule has 2 heterocycles. The summed E-state index contributed by atoms with van der Waals surface area (Å²) in [6.45, 7) is 5.02. The van der Waals surface area contributed by atoms with Crippen LogP contribution >= 0.6 is 0 Å². The number of piperidine rings is 1. The van der Waals surface area contributed by atoms with Crippen LogP contribution in [0.2, 0.25) is 0 Å². The first kappa shape index (κ1) is 14.9. The predicted molar refractivity (Wildman–Crippen MR) is 86.2 cm³/mol. The Bertz CT molecular complexity index is 621. The van der Waals surface area contributed by atoms with Crippen molar-refractivity contribution in [2.45, 2.75) is 19.8 Å². The molecule has 4 nitrogen and oxygen atoms in total. The maximum Gasteiger partial charge on any atom is 0.223 e. The molecule has 1 aromatic carbocycles. The van der Waals surface area contributed by atoms with Gasteiger partial charge >= 0.3 is 0 Å². The summed E-state index contributed by atoms with van der Waals surface area (Å²) < 4.78 is 13.0. The summed E-state index contributed by atoms with van der Waals surface area (Å²) in [4.78, 5) is 9.01. The van der Waals surface area contributed by atoms with E-state index >= 15 is 0 Å². The van der Waals surface area contributed by atoms with Crippen LogP contribution in [-0.2, 0) is 0 Å². The number of rotatable bonds is 4. The average molecular weight is 300 g/mol. The fourth-order valence-corrected chi connectivity index (χ4v) is 2.74. The SMILES string of the molecule is Cc1cc(-c2ccc(F)cc2)nc(NCC2CCNCC2)n1. The average Bonchev–Trinajstić information content (AvgIpc) is 2.54. The maximum absolute atomic E-state index is 13.0. The van der Waals surface area contributed by atoms with E-state index in [1.54, 1.807) is 12.1 Å². The molecule has 5 heteroatoms. The lowest BCUT2D eigenvalue weighted by atomic mass is 9.98. The Hall–Kier alpha value is -2.01. The van der Waals surface area contributed by atoms with Crippen LogP contribution in [0.5, 0.6) is 0 Å². The number of benzene rings is 1. The number of aromatic nitrogens is 2. The van der Waals surface area contributed by atoms with Gasteiger partial charge in [0.25, 0.3) is 0 Å². The minimum atomic E-state index is -0.237. The first-order chi connectivity index (χ1) is 10.7. The van der Waals surface area contributed by atoms with Crippen LogP contribution in [0, 0.1) is 18.7 Å². The highest BCUT2D eigenvalue weighted by atomic mass is 19.1. The van der Waals surface area contributed by atoms with E-state index in [2.05, 4.69) is 20.6 Å². The molecule has 3 rings (SSSR count). The highest BCUT2D eigenvalue weighted by molar-refractivity contribution is 5.60. The van der Waals surface area contributed by atoms with Crippen LogP contribution in [0.25, 0.3) is 11.3 Å². The monoisotopic (exact) mass is 300 g/mol. The van der Waals surface area contributed by atoms with E-state index in [0.29, 0.717) is 11.9 Å². The normalized spacial score (nSPS) is 15.7.